The molecule has 0 radical (unpaired) electrons. The topological polar surface area (TPSA) is 54.0 Å². The van der Waals surface area contributed by atoms with E-state index in [2.05, 4.69) is 29.5 Å². The number of aromatic nitrogens is 1. The summed E-state index contributed by atoms with van der Waals surface area (Å²) in [6, 6.07) is 0. The van der Waals surface area contributed by atoms with E-state index in [1.165, 1.54) is 11.3 Å². The summed E-state index contributed by atoms with van der Waals surface area (Å²) in [6.45, 7) is 8.09. The quantitative estimate of drug-likeness (QED) is 0.885. The van der Waals surface area contributed by atoms with Crippen LogP contribution in [0.25, 0.3) is 0 Å². The smallest absolute Gasteiger partial charge is 0.232 e. The van der Waals surface area contributed by atoms with Crippen LogP contribution in [0.5, 0.6) is 0 Å². The normalized spacial score (nSPS) is 18.9. The fourth-order valence-electron chi connectivity index (χ4n) is 2.06. The number of piperidine rings is 1. The molecule has 1 aliphatic heterocycles. The molecule has 1 amide bonds. The van der Waals surface area contributed by atoms with Gasteiger partial charge in [-0.1, -0.05) is 20.8 Å². The van der Waals surface area contributed by atoms with E-state index in [4.69, 9.17) is 0 Å². The van der Waals surface area contributed by atoms with Crippen molar-refractivity contribution >= 4 is 22.4 Å². The van der Waals surface area contributed by atoms with Crippen LogP contribution in [-0.4, -0.2) is 24.0 Å². The summed E-state index contributed by atoms with van der Waals surface area (Å²) in [4.78, 5) is 16.7. The van der Waals surface area contributed by atoms with E-state index in [-0.39, 0.29) is 11.3 Å². The molecular weight excluding hydrogens is 246 g/mol. The summed E-state index contributed by atoms with van der Waals surface area (Å²) in [5.74, 6) is 0.509. The van der Waals surface area contributed by atoms with E-state index in [0.29, 0.717) is 5.92 Å². The lowest BCUT2D eigenvalue weighted by Gasteiger charge is -2.32. The van der Waals surface area contributed by atoms with Gasteiger partial charge in [0.2, 0.25) is 5.91 Å². The van der Waals surface area contributed by atoms with Crippen molar-refractivity contribution in [1.82, 2.24) is 10.3 Å². The number of nitrogens with zero attached hydrogens (tertiary/aromatic N) is 1. The van der Waals surface area contributed by atoms with Crippen molar-refractivity contribution < 1.29 is 4.79 Å². The third-order valence-electron chi connectivity index (χ3n) is 3.59. The van der Waals surface area contributed by atoms with E-state index in [1.807, 2.05) is 12.3 Å². The maximum atomic E-state index is 12.3. The molecular formula is C13H21N3OS. The molecule has 1 aliphatic rings. The molecule has 2 heterocycles. The van der Waals surface area contributed by atoms with Crippen molar-refractivity contribution in [1.29, 1.82) is 0 Å². The zero-order valence-corrected chi connectivity index (χ0v) is 12.1. The van der Waals surface area contributed by atoms with Crippen LogP contribution in [0.3, 0.4) is 0 Å². The van der Waals surface area contributed by atoms with Gasteiger partial charge in [0.05, 0.1) is 5.69 Å². The molecule has 0 atom stereocenters. The van der Waals surface area contributed by atoms with Gasteiger partial charge in [0.15, 0.2) is 5.13 Å². The molecule has 5 heteroatoms. The molecule has 0 bridgehead atoms. The van der Waals surface area contributed by atoms with E-state index in [0.717, 1.165) is 36.8 Å². The van der Waals surface area contributed by atoms with Crippen LogP contribution < -0.4 is 10.6 Å². The second-order valence-corrected chi connectivity index (χ2v) is 6.36. The van der Waals surface area contributed by atoms with Gasteiger partial charge in [-0.15, -0.1) is 11.3 Å². The van der Waals surface area contributed by atoms with Crippen LogP contribution in [0.2, 0.25) is 0 Å². The largest absolute Gasteiger partial charge is 0.317 e. The SMILES string of the molecule is CC(C)c1csc(NC(=O)C2(C)CCNCC2)n1. The number of rotatable bonds is 3. The highest BCUT2D eigenvalue weighted by atomic mass is 32.1. The molecule has 4 nitrogen and oxygen atoms in total. The number of hydrogen-bond donors (Lipinski definition) is 2. The van der Waals surface area contributed by atoms with Crippen molar-refractivity contribution in [3.05, 3.63) is 11.1 Å². The number of thiazole rings is 1. The second-order valence-electron chi connectivity index (χ2n) is 5.50. The molecule has 0 aliphatic carbocycles. The molecule has 1 aromatic rings. The van der Waals surface area contributed by atoms with Crippen molar-refractivity contribution in [2.75, 3.05) is 18.4 Å². The first-order chi connectivity index (χ1) is 8.51. The molecule has 1 saturated heterocycles. The van der Waals surface area contributed by atoms with Crippen molar-refractivity contribution in [2.45, 2.75) is 39.5 Å². The number of carbonyl (C=O) groups excluding carboxylic acids is 1. The van der Waals surface area contributed by atoms with Crippen molar-refractivity contribution in [3.63, 3.8) is 0 Å². The van der Waals surface area contributed by atoms with Gasteiger partial charge in [0, 0.05) is 10.8 Å². The van der Waals surface area contributed by atoms with Crippen LogP contribution in [0.1, 0.15) is 45.2 Å². The van der Waals surface area contributed by atoms with Gasteiger partial charge in [0.25, 0.3) is 0 Å². The summed E-state index contributed by atoms with van der Waals surface area (Å²) in [6.07, 6.45) is 1.78. The van der Waals surface area contributed by atoms with E-state index in [1.54, 1.807) is 0 Å². The molecule has 2 N–H and O–H groups in total. The van der Waals surface area contributed by atoms with Crippen molar-refractivity contribution in [2.24, 2.45) is 5.41 Å². The maximum absolute atomic E-state index is 12.3. The van der Waals surface area contributed by atoms with Crippen LogP contribution in [0, 0.1) is 5.41 Å². The fourth-order valence-corrected chi connectivity index (χ4v) is 2.93. The molecule has 100 valence electrons. The number of anilines is 1. The van der Waals surface area contributed by atoms with E-state index < -0.39 is 0 Å². The molecule has 1 aromatic heterocycles. The lowest BCUT2D eigenvalue weighted by molar-refractivity contribution is -0.126. The summed E-state index contributed by atoms with van der Waals surface area (Å²) < 4.78 is 0. The first-order valence-corrected chi connectivity index (χ1v) is 7.37. The Morgan fingerprint density at radius 3 is 2.72 bits per heavy atom. The first-order valence-electron chi connectivity index (χ1n) is 6.49. The summed E-state index contributed by atoms with van der Waals surface area (Å²) in [7, 11) is 0. The van der Waals surface area contributed by atoms with Gasteiger partial charge in [0.1, 0.15) is 0 Å². The zero-order chi connectivity index (χ0) is 13.2. The molecule has 0 unspecified atom stereocenters. The third-order valence-corrected chi connectivity index (χ3v) is 4.37. The average molecular weight is 267 g/mol. The van der Waals surface area contributed by atoms with E-state index in [9.17, 15) is 4.79 Å². The number of hydrogen-bond acceptors (Lipinski definition) is 4. The highest BCUT2D eigenvalue weighted by molar-refractivity contribution is 7.13. The Bertz CT molecular complexity index is 422. The minimum atomic E-state index is -0.255. The number of amides is 1. The number of carbonyl (C=O) groups is 1. The van der Waals surface area contributed by atoms with Gasteiger partial charge >= 0.3 is 0 Å². The summed E-state index contributed by atoms with van der Waals surface area (Å²) in [5, 5.41) is 9.00. The van der Waals surface area contributed by atoms with Crippen LogP contribution in [0.4, 0.5) is 5.13 Å². The minimum absolute atomic E-state index is 0.105. The first kappa shape index (κ1) is 13.5. The Balaban J connectivity index is 2.01. The third kappa shape index (κ3) is 2.90. The minimum Gasteiger partial charge on any atom is -0.317 e. The Kier molecular flexibility index (Phi) is 4.02. The molecule has 0 saturated carbocycles. The standard InChI is InChI=1S/C13H21N3OS/c1-9(2)10-8-18-12(15-10)16-11(17)13(3)4-6-14-7-5-13/h8-9,14H,4-7H2,1-3H3,(H,15,16,17). The zero-order valence-electron chi connectivity index (χ0n) is 11.2. The van der Waals surface area contributed by atoms with Crippen LogP contribution >= 0.6 is 11.3 Å². The predicted molar refractivity (Wildman–Crippen MR) is 75.0 cm³/mol. The summed E-state index contributed by atoms with van der Waals surface area (Å²) >= 11 is 1.51. The maximum Gasteiger partial charge on any atom is 0.232 e. The molecule has 2 rings (SSSR count). The van der Waals surface area contributed by atoms with Crippen molar-refractivity contribution in [3.8, 4) is 0 Å². The lowest BCUT2D eigenvalue weighted by atomic mass is 9.80. The van der Waals surface area contributed by atoms with Gasteiger partial charge < -0.3 is 10.6 Å². The Morgan fingerprint density at radius 2 is 2.17 bits per heavy atom. The highest BCUT2D eigenvalue weighted by Crippen LogP contribution is 2.30. The van der Waals surface area contributed by atoms with Crippen LogP contribution in [-0.2, 0) is 4.79 Å². The molecule has 0 aromatic carbocycles. The lowest BCUT2D eigenvalue weighted by Crippen LogP contribution is -2.42. The average Bonchev–Trinajstić information content (AvgIpc) is 2.78. The Hall–Kier alpha value is -0.940. The van der Waals surface area contributed by atoms with Gasteiger partial charge in [-0.3, -0.25) is 4.79 Å². The van der Waals surface area contributed by atoms with Gasteiger partial charge in [-0.2, -0.15) is 0 Å². The van der Waals surface area contributed by atoms with Gasteiger partial charge in [-0.25, -0.2) is 4.98 Å². The predicted octanol–water partition coefficient (Wildman–Crippen LogP) is 2.59. The monoisotopic (exact) mass is 267 g/mol. The molecule has 0 spiro atoms. The second kappa shape index (κ2) is 5.36. The van der Waals surface area contributed by atoms with Crippen LogP contribution in [0.15, 0.2) is 5.38 Å². The van der Waals surface area contributed by atoms with Gasteiger partial charge in [-0.05, 0) is 31.8 Å². The molecule has 1 fully saturated rings. The highest BCUT2D eigenvalue weighted by Gasteiger charge is 2.34. The Labute approximate surface area is 112 Å². The fraction of sp³-hybridized carbons (Fsp3) is 0.692. The van der Waals surface area contributed by atoms with E-state index >= 15 is 0 Å². The Morgan fingerprint density at radius 1 is 1.50 bits per heavy atom. The molecule has 18 heavy (non-hydrogen) atoms. The summed E-state index contributed by atoms with van der Waals surface area (Å²) in [5.41, 5.74) is 0.792. The number of nitrogens with one attached hydrogen (secondary N) is 2.